The third-order valence-electron chi connectivity index (χ3n) is 2.27. The number of anilines is 1. The first-order valence-corrected chi connectivity index (χ1v) is 4.94. The topological polar surface area (TPSA) is 46.3 Å². The zero-order valence-corrected chi connectivity index (χ0v) is 8.96. The van der Waals surface area contributed by atoms with E-state index in [1.54, 1.807) is 24.5 Å². The Morgan fingerprint density at radius 2 is 2.06 bits per heavy atom. The molecule has 16 heavy (non-hydrogen) atoms. The summed E-state index contributed by atoms with van der Waals surface area (Å²) in [6.45, 7) is 0.717. The molecular formula is C12H12N2O2. The summed E-state index contributed by atoms with van der Waals surface area (Å²) in [6, 6.07) is 7.33. The zero-order chi connectivity index (χ0) is 11.4. The van der Waals surface area contributed by atoms with Crippen molar-refractivity contribution >= 4 is 12.2 Å². The maximum absolute atomic E-state index is 10.5. The second kappa shape index (κ2) is 4.61. The van der Waals surface area contributed by atoms with Gasteiger partial charge in [0.15, 0.2) is 17.9 Å². The fraction of sp³-hybridized carbons (Fsp3) is 0.167. The van der Waals surface area contributed by atoms with Gasteiger partial charge in [-0.3, -0.25) is 9.78 Å². The minimum absolute atomic E-state index is 0.344. The maximum atomic E-state index is 10.5. The van der Waals surface area contributed by atoms with E-state index < -0.39 is 0 Å². The lowest BCUT2D eigenvalue weighted by molar-refractivity contribution is 0.110. The Hall–Kier alpha value is -2.10. The molecule has 2 aromatic rings. The van der Waals surface area contributed by atoms with Crippen molar-refractivity contribution in [3.05, 3.63) is 48.0 Å². The highest BCUT2D eigenvalue weighted by atomic mass is 16.4. The fourth-order valence-electron chi connectivity index (χ4n) is 1.45. The van der Waals surface area contributed by atoms with Gasteiger partial charge in [-0.2, -0.15) is 0 Å². The van der Waals surface area contributed by atoms with E-state index >= 15 is 0 Å². The Morgan fingerprint density at radius 1 is 1.31 bits per heavy atom. The van der Waals surface area contributed by atoms with Crippen LogP contribution in [0.1, 0.15) is 16.1 Å². The third-order valence-corrected chi connectivity index (χ3v) is 2.27. The Balaban J connectivity index is 2.08. The van der Waals surface area contributed by atoms with Gasteiger partial charge in [0, 0.05) is 32.1 Å². The van der Waals surface area contributed by atoms with Crippen molar-refractivity contribution < 1.29 is 9.21 Å². The van der Waals surface area contributed by atoms with E-state index in [2.05, 4.69) is 4.98 Å². The van der Waals surface area contributed by atoms with Gasteiger partial charge < -0.3 is 9.32 Å². The normalized spacial score (nSPS) is 10.1. The van der Waals surface area contributed by atoms with Crippen LogP contribution >= 0.6 is 0 Å². The van der Waals surface area contributed by atoms with Crippen LogP contribution in [0.4, 0.5) is 5.88 Å². The Kier molecular flexibility index (Phi) is 3.00. The van der Waals surface area contributed by atoms with E-state index in [9.17, 15) is 4.79 Å². The minimum Gasteiger partial charge on any atom is -0.438 e. The van der Waals surface area contributed by atoms with Gasteiger partial charge in [-0.15, -0.1) is 0 Å². The molecule has 0 spiro atoms. The molecular weight excluding hydrogens is 204 g/mol. The maximum Gasteiger partial charge on any atom is 0.196 e. The molecule has 82 valence electrons. The number of aromatic nitrogens is 1. The van der Waals surface area contributed by atoms with Crippen molar-refractivity contribution in [3.63, 3.8) is 0 Å². The summed E-state index contributed by atoms with van der Waals surface area (Å²) in [5, 5.41) is 0. The average molecular weight is 216 g/mol. The quantitative estimate of drug-likeness (QED) is 0.734. The van der Waals surface area contributed by atoms with E-state index in [0.29, 0.717) is 24.5 Å². The summed E-state index contributed by atoms with van der Waals surface area (Å²) in [4.78, 5) is 16.4. The number of pyridine rings is 1. The van der Waals surface area contributed by atoms with E-state index in [-0.39, 0.29) is 0 Å². The average Bonchev–Trinajstić information content (AvgIpc) is 2.79. The molecule has 0 aliphatic rings. The van der Waals surface area contributed by atoms with Gasteiger partial charge in [-0.1, -0.05) is 0 Å². The van der Waals surface area contributed by atoms with E-state index in [0.717, 1.165) is 5.56 Å². The molecule has 0 saturated heterocycles. The summed E-state index contributed by atoms with van der Waals surface area (Å²) < 4.78 is 5.31. The summed E-state index contributed by atoms with van der Waals surface area (Å²) >= 11 is 0. The van der Waals surface area contributed by atoms with Gasteiger partial charge in [0.2, 0.25) is 0 Å². The summed E-state index contributed by atoms with van der Waals surface area (Å²) in [5.74, 6) is 1.02. The van der Waals surface area contributed by atoms with E-state index in [1.165, 1.54) is 0 Å². The summed E-state index contributed by atoms with van der Waals surface area (Å²) in [5.41, 5.74) is 1.14. The van der Waals surface area contributed by atoms with Crippen LogP contribution in [-0.4, -0.2) is 18.3 Å². The smallest absolute Gasteiger partial charge is 0.196 e. The molecule has 0 saturated carbocycles. The molecule has 0 aromatic carbocycles. The van der Waals surface area contributed by atoms with Crippen LogP contribution in [0.3, 0.4) is 0 Å². The molecule has 0 unspecified atom stereocenters. The van der Waals surface area contributed by atoms with Crippen LogP contribution in [0.15, 0.2) is 41.1 Å². The second-order valence-corrected chi connectivity index (χ2v) is 3.51. The van der Waals surface area contributed by atoms with Gasteiger partial charge in [0.05, 0.1) is 0 Å². The molecule has 0 aliphatic heterocycles. The largest absolute Gasteiger partial charge is 0.438 e. The molecule has 0 bridgehead atoms. The van der Waals surface area contributed by atoms with Crippen molar-refractivity contribution in [1.29, 1.82) is 0 Å². The van der Waals surface area contributed by atoms with Crippen molar-refractivity contribution in [3.8, 4) is 0 Å². The minimum atomic E-state index is 0.344. The Bertz CT molecular complexity index is 465. The van der Waals surface area contributed by atoms with Gasteiger partial charge in [-0.05, 0) is 23.8 Å². The van der Waals surface area contributed by atoms with Crippen LogP contribution < -0.4 is 4.90 Å². The molecule has 0 aliphatic carbocycles. The third kappa shape index (κ3) is 2.28. The second-order valence-electron chi connectivity index (χ2n) is 3.51. The first-order chi connectivity index (χ1) is 7.79. The molecule has 4 nitrogen and oxygen atoms in total. The summed E-state index contributed by atoms with van der Waals surface area (Å²) in [6.07, 6.45) is 4.20. The standard InChI is InChI=1S/C12H12N2O2/c1-14(8-10-4-6-13-7-5-10)12-3-2-11(9-15)16-12/h2-7,9H,8H2,1H3. The lowest BCUT2D eigenvalue weighted by Crippen LogP contribution is -2.15. The van der Waals surface area contributed by atoms with Gasteiger partial charge in [-0.25, -0.2) is 0 Å². The molecule has 0 fully saturated rings. The molecule has 0 N–H and O–H groups in total. The number of rotatable bonds is 4. The van der Waals surface area contributed by atoms with Gasteiger partial charge in [0.25, 0.3) is 0 Å². The highest BCUT2D eigenvalue weighted by molar-refractivity contribution is 5.71. The van der Waals surface area contributed by atoms with Gasteiger partial charge in [0.1, 0.15) is 0 Å². The Morgan fingerprint density at radius 3 is 2.69 bits per heavy atom. The van der Waals surface area contributed by atoms with Crippen LogP contribution in [0, 0.1) is 0 Å². The predicted molar refractivity (Wildman–Crippen MR) is 60.4 cm³/mol. The van der Waals surface area contributed by atoms with Crippen LogP contribution in [0.2, 0.25) is 0 Å². The van der Waals surface area contributed by atoms with Crippen LogP contribution in [0.5, 0.6) is 0 Å². The molecule has 0 atom stereocenters. The number of nitrogens with zero attached hydrogens (tertiary/aromatic N) is 2. The van der Waals surface area contributed by atoms with Crippen molar-refractivity contribution in [2.24, 2.45) is 0 Å². The number of hydrogen-bond donors (Lipinski definition) is 0. The molecule has 2 heterocycles. The lowest BCUT2D eigenvalue weighted by atomic mass is 10.2. The number of carbonyl (C=O) groups is 1. The monoisotopic (exact) mass is 216 g/mol. The molecule has 0 amide bonds. The number of aldehydes is 1. The van der Waals surface area contributed by atoms with E-state index in [4.69, 9.17) is 4.42 Å². The molecule has 0 radical (unpaired) electrons. The highest BCUT2D eigenvalue weighted by Gasteiger charge is 2.06. The number of furan rings is 1. The van der Waals surface area contributed by atoms with Gasteiger partial charge >= 0.3 is 0 Å². The van der Waals surface area contributed by atoms with Crippen molar-refractivity contribution in [2.45, 2.75) is 6.54 Å². The zero-order valence-electron chi connectivity index (χ0n) is 8.96. The first kappa shape index (κ1) is 10.4. The highest BCUT2D eigenvalue weighted by Crippen LogP contribution is 2.17. The molecule has 2 aromatic heterocycles. The lowest BCUT2D eigenvalue weighted by Gasteiger charge is -2.15. The SMILES string of the molecule is CN(Cc1ccncc1)c1ccc(C=O)o1. The molecule has 2 rings (SSSR count). The Labute approximate surface area is 93.5 Å². The van der Waals surface area contributed by atoms with E-state index in [1.807, 2.05) is 24.1 Å². The van der Waals surface area contributed by atoms with Crippen molar-refractivity contribution in [1.82, 2.24) is 4.98 Å². The van der Waals surface area contributed by atoms with Crippen LogP contribution in [0.25, 0.3) is 0 Å². The van der Waals surface area contributed by atoms with Crippen LogP contribution in [-0.2, 0) is 6.54 Å². The predicted octanol–water partition coefficient (Wildman–Crippen LogP) is 2.12. The molecule has 4 heteroatoms. The summed E-state index contributed by atoms with van der Waals surface area (Å²) in [7, 11) is 1.91. The number of hydrogen-bond acceptors (Lipinski definition) is 4. The van der Waals surface area contributed by atoms with Crippen molar-refractivity contribution in [2.75, 3.05) is 11.9 Å². The fourth-order valence-corrected chi connectivity index (χ4v) is 1.45. The first-order valence-electron chi connectivity index (χ1n) is 4.94. The number of carbonyl (C=O) groups excluding carboxylic acids is 1.